The summed E-state index contributed by atoms with van der Waals surface area (Å²) >= 11 is 6.18. The fraction of sp³-hybridized carbons (Fsp3) is 0.176. The molecule has 0 aliphatic heterocycles. The van der Waals surface area contributed by atoms with Gasteiger partial charge in [0.2, 0.25) is 5.91 Å². The normalized spacial score (nSPS) is 10.1. The SMILES string of the molecule is C=CC(=O)N(C)c1c(Cl)ncnc1N(CC=O)Cc1ccccc1. The molecule has 1 amide bonds. The second-order valence-corrected chi connectivity index (χ2v) is 5.33. The number of nitrogens with zero attached hydrogens (tertiary/aromatic N) is 4. The first-order chi connectivity index (χ1) is 11.6. The van der Waals surface area contributed by atoms with Crippen LogP contribution in [-0.2, 0) is 16.1 Å². The van der Waals surface area contributed by atoms with Gasteiger partial charge in [-0.25, -0.2) is 9.97 Å². The molecule has 0 saturated heterocycles. The molecule has 0 unspecified atom stereocenters. The first kappa shape index (κ1) is 17.6. The summed E-state index contributed by atoms with van der Waals surface area (Å²) in [6, 6.07) is 9.63. The van der Waals surface area contributed by atoms with Gasteiger partial charge >= 0.3 is 0 Å². The van der Waals surface area contributed by atoms with E-state index in [1.165, 1.54) is 17.3 Å². The topological polar surface area (TPSA) is 66.4 Å². The molecule has 0 aliphatic rings. The number of anilines is 2. The first-order valence-corrected chi connectivity index (χ1v) is 7.59. The second kappa shape index (κ2) is 8.21. The molecule has 24 heavy (non-hydrogen) atoms. The average Bonchev–Trinajstić information content (AvgIpc) is 2.60. The summed E-state index contributed by atoms with van der Waals surface area (Å²) in [4.78, 5) is 34.3. The predicted octanol–water partition coefficient (Wildman–Crippen LogP) is 2.48. The predicted molar refractivity (Wildman–Crippen MR) is 94.2 cm³/mol. The van der Waals surface area contributed by atoms with Crippen LogP contribution in [0.15, 0.2) is 49.3 Å². The summed E-state index contributed by atoms with van der Waals surface area (Å²) < 4.78 is 0. The highest BCUT2D eigenvalue weighted by molar-refractivity contribution is 6.33. The summed E-state index contributed by atoms with van der Waals surface area (Å²) in [5.41, 5.74) is 1.33. The van der Waals surface area contributed by atoms with E-state index >= 15 is 0 Å². The van der Waals surface area contributed by atoms with Gasteiger partial charge < -0.3 is 14.6 Å². The number of carbonyl (C=O) groups excluding carboxylic acids is 2. The van der Waals surface area contributed by atoms with E-state index in [9.17, 15) is 9.59 Å². The van der Waals surface area contributed by atoms with Crippen LogP contribution < -0.4 is 9.80 Å². The zero-order chi connectivity index (χ0) is 17.5. The van der Waals surface area contributed by atoms with Crippen molar-refractivity contribution in [1.82, 2.24) is 9.97 Å². The second-order valence-electron chi connectivity index (χ2n) is 4.97. The monoisotopic (exact) mass is 344 g/mol. The van der Waals surface area contributed by atoms with Crippen molar-refractivity contribution in [3.63, 3.8) is 0 Å². The van der Waals surface area contributed by atoms with E-state index < -0.39 is 0 Å². The lowest BCUT2D eigenvalue weighted by atomic mass is 10.2. The highest BCUT2D eigenvalue weighted by Crippen LogP contribution is 2.33. The molecule has 2 rings (SSSR count). The Bertz CT molecular complexity index is 737. The number of halogens is 1. The number of benzene rings is 1. The number of carbonyl (C=O) groups is 2. The summed E-state index contributed by atoms with van der Waals surface area (Å²) in [6.45, 7) is 4.01. The molecule has 0 bridgehead atoms. The van der Waals surface area contributed by atoms with Crippen LogP contribution in [0.1, 0.15) is 5.56 Å². The minimum atomic E-state index is -0.348. The summed E-state index contributed by atoms with van der Waals surface area (Å²) in [6.07, 6.45) is 3.25. The number of amides is 1. The molecular weight excluding hydrogens is 328 g/mol. The van der Waals surface area contributed by atoms with Crippen molar-refractivity contribution < 1.29 is 9.59 Å². The number of likely N-dealkylation sites (N-methyl/N-ethyl adjacent to an activating group) is 1. The first-order valence-electron chi connectivity index (χ1n) is 7.21. The van der Waals surface area contributed by atoms with Crippen molar-refractivity contribution in [2.75, 3.05) is 23.4 Å². The van der Waals surface area contributed by atoms with Gasteiger partial charge in [0.25, 0.3) is 0 Å². The van der Waals surface area contributed by atoms with Gasteiger partial charge in [0, 0.05) is 13.6 Å². The molecular formula is C17H17ClN4O2. The third-order valence-corrected chi connectivity index (χ3v) is 3.69. The van der Waals surface area contributed by atoms with Gasteiger partial charge in [-0.2, -0.15) is 0 Å². The van der Waals surface area contributed by atoms with Crippen LogP contribution >= 0.6 is 11.6 Å². The Morgan fingerprint density at radius 1 is 1.29 bits per heavy atom. The van der Waals surface area contributed by atoms with E-state index in [0.29, 0.717) is 18.1 Å². The number of hydrogen-bond donors (Lipinski definition) is 0. The Morgan fingerprint density at radius 3 is 2.62 bits per heavy atom. The Hall–Kier alpha value is -2.73. The van der Waals surface area contributed by atoms with Crippen LogP contribution in [0, 0.1) is 0 Å². The van der Waals surface area contributed by atoms with Crippen molar-refractivity contribution in [3.05, 3.63) is 60.0 Å². The highest BCUT2D eigenvalue weighted by atomic mass is 35.5. The van der Waals surface area contributed by atoms with E-state index in [0.717, 1.165) is 11.8 Å². The largest absolute Gasteiger partial charge is 0.343 e. The van der Waals surface area contributed by atoms with Crippen molar-refractivity contribution in [1.29, 1.82) is 0 Å². The van der Waals surface area contributed by atoms with Crippen LogP contribution in [0.25, 0.3) is 0 Å². The lowest BCUT2D eigenvalue weighted by Gasteiger charge is -2.27. The molecule has 1 aromatic carbocycles. The molecule has 0 radical (unpaired) electrons. The molecule has 1 aromatic heterocycles. The van der Waals surface area contributed by atoms with Crippen LogP contribution in [0.3, 0.4) is 0 Å². The Balaban J connectivity index is 2.46. The number of aldehydes is 1. The van der Waals surface area contributed by atoms with E-state index in [4.69, 9.17) is 11.6 Å². The molecule has 7 heteroatoms. The van der Waals surface area contributed by atoms with Gasteiger partial charge in [-0.1, -0.05) is 48.5 Å². The van der Waals surface area contributed by atoms with E-state index in [-0.39, 0.29) is 17.6 Å². The van der Waals surface area contributed by atoms with Crippen molar-refractivity contribution in [2.24, 2.45) is 0 Å². The Labute approximate surface area is 145 Å². The maximum Gasteiger partial charge on any atom is 0.250 e. The number of rotatable bonds is 7. The summed E-state index contributed by atoms with van der Waals surface area (Å²) in [7, 11) is 1.56. The van der Waals surface area contributed by atoms with Crippen LogP contribution in [-0.4, -0.2) is 35.8 Å². The van der Waals surface area contributed by atoms with Crippen molar-refractivity contribution in [2.45, 2.75) is 6.54 Å². The number of hydrogen-bond acceptors (Lipinski definition) is 5. The zero-order valence-corrected chi connectivity index (χ0v) is 14.0. The molecule has 6 nitrogen and oxygen atoms in total. The molecule has 0 atom stereocenters. The molecule has 2 aromatic rings. The van der Waals surface area contributed by atoms with Gasteiger partial charge in [0.1, 0.15) is 18.3 Å². The van der Waals surface area contributed by atoms with Gasteiger partial charge in [0.15, 0.2) is 11.0 Å². The van der Waals surface area contributed by atoms with E-state index in [1.54, 1.807) is 11.9 Å². The summed E-state index contributed by atoms with van der Waals surface area (Å²) in [5.74, 6) is 0.0577. The Kier molecular flexibility index (Phi) is 6.03. The fourth-order valence-electron chi connectivity index (χ4n) is 2.24. The highest BCUT2D eigenvalue weighted by Gasteiger charge is 2.22. The maximum absolute atomic E-state index is 12.0. The molecule has 0 fully saturated rings. The molecule has 0 saturated carbocycles. The molecule has 0 spiro atoms. The standard InChI is InChI=1S/C17H17ClN4O2/c1-3-14(24)21(2)15-16(18)19-12-20-17(15)22(9-10-23)11-13-7-5-4-6-8-13/h3-8,10,12H,1,9,11H2,2H3. The quantitative estimate of drug-likeness (QED) is 0.438. The molecule has 0 N–H and O–H groups in total. The van der Waals surface area contributed by atoms with Crippen molar-refractivity contribution in [3.8, 4) is 0 Å². The van der Waals surface area contributed by atoms with E-state index in [2.05, 4.69) is 16.5 Å². The molecule has 124 valence electrons. The van der Waals surface area contributed by atoms with Gasteiger partial charge in [-0.15, -0.1) is 0 Å². The maximum atomic E-state index is 12.0. The van der Waals surface area contributed by atoms with Crippen LogP contribution in [0.5, 0.6) is 0 Å². The third kappa shape index (κ3) is 3.97. The van der Waals surface area contributed by atoms with Crippen LogP contribution in [0.4, 0.5) is 11.5 Å². The fourth-order valence-corrected chi connectivity index (χ4v) is 2.49. The third-order valence-electron chi connectivity index (χ3n) is 3.41. The van der Waals surface area contributed by atoms with E-state index in [1.807, 2.05) is 30.3 Å². The zero-order valence-electron chi connectivity index (χ0n) is 13.2. The van der Waals surface area contributed by atoms with Crippen LogP contribution in [0.2, 0.25) is 5.15 Å². The number of aromatic nitrogens is 2. The molecule has 0 aliphatic carbocycles. The molecule has 1 heterocycles. The smallest absolute Gasteiger partial charge is 0.250 e. The lowest BCUT2D eigenvalue weighted by molar-refractivity contribution is -0.113. The van der Waals surface area contributed by atoms with Gasteiger partial charge in [-0.3, -0.25) is 4.79 Å². The lowest BCUT2D eigenvalue weighted by Crippen LogP contribution is -2.31. The summed E-state index contributed by atoms with van der Waals surface area (Å²) in [5, 5.41) is 0.127. The van der Waals surface area contributed by atoms with Gasteiger partial charge in [-0.05, 0) is 11.6 Å². The van der Waals surface area contributed by atoms with Gasteiger partial charge in [0.05, 0.1) is 6.54 Å². The minimum Gasteiger partial charge on any atom is -0.343 e. The Morgan fingerprint density at radius 2 is 2.00 bits per heavy atom. The average molecular weight is 345 g/mol. The van der Waals surface area contributed by atoms with Crippen molar-refractivity contribution >= 4 is 35.3 Å². The minimum absolute atomic E-state index is 0.103.